The lowest BCUT2D eigenvalue weighted by molar-refractivity contribution is -0.141. The first-order valence-electron chi connectivity index (χ1n) is 7.46. The summed E-state index contributed by atoms with van der Waals surface area (Å²) in [7, 11) is 1.87. The third-order valence-corrected chi connectivity index (χ3v) is 5.26. The van der Waals surface area contributed by atoms with Gasteiger partial charge in [0.2, 0.25) is 11.8 Å². The summed E-state index contributed by atoms with van der Waals surface area (Å²) in [5.74, 6) is 1.71. The highest BCUT2D eigenvalue weighted by Gasteiger charge is 2.38. The molecule has 2 fully saturated rings. The SMILES string of the molecule is CNC(C)CNC(=O)C1CSCN1C(=O)C1CCCC1. The molecule has 5 nitrogen and oxygen atoms in total. The summed E-state index contributed by atoms with van der Waals surface area (Å²) in [6, 6.07) is -0.0378. The number of carbonyl (C=O) groups is 2. The standard InChI is InChI=1S/C14H25N3O2S/c1-10(15-2)7-16-13(18)12-8-20-9-17(12)14(19)11-5-3-4-6-11/h10-12,15H,3-9H2,1-2H3,(H,16,18). The first-order chi connectivity index (χ1) is 9.63. The van der Waals surface area contributed by atoms with Gasteiger partial charge in [0.25, 0.3) is 0 Å². The van der Waals surface area contributed by atoms with Crippen LogP contribution in [-0.4, -0.2) is 54.0 Å². The number of carbonyl (C=O) groups excluding carboxylic acids is 2. The molecule has 0 bridgehead atoms. The van der Waals surface area contributed by atoms with Crippen LogP contribution in [0.3, 0.4) is 0 Å². The molecule has 0 aromatic carbocycles. The molecule has 2 aliphatic rings. The van der Waals surface area contributed by atoms with Gasteiger partial charge in [-0.2, -0.15) is 0 Å². The largest absolute Gasteiger partial charge is 0.353 e. The van der Waals surface area contributed by atoms with E-state index < -0.39 is 0 Å². The van der Waals surface area contributed by atoms with E-state index in [-0.39, 0.29) is 29.8 Å². The number of likely N-dealkylation sites (N-methyl/N-ethyl adjacent to an activating group) is 1. The zero-order chi connectivity index (χ0) is 14.5. The van der Waals surface area contributed by atoms with E-state index in [1.54, 1.807) is 16.7 Å². The van der Waals surface area contributed by atoms with Crippen molar-refractivity contribution in [1.82, 2.24) is 15.5 Å². The fourth-order valence-corrected chi connectivity index (χ4v) is 3.92. The summed E-state index contributed by atoms with van der Waals surface area (Å²) in [6.07, 6.45) is 4.28. The van der Waals surface area contributed by atoms with Crippen molar-refractivity contribution >= 4 is 23.6 Å². The van der Waals surface area contributed by atoms with Gasteiger partial charge in [-0.15, -0.1) is 11.8 Å². The maximum absolute atomic E-state index is 12.5. The minimum absolute atomic E-state index is 0.0107. The molecule has 1 saturated heterocycles. The Kier molecular flexibility index (Phi) is 5.72. The molecule has 0 radical (unpaired) electrons. The third kappa shape index (κ3) is 3.67. The Hall–Kier alpha value is -0.750. The summed E-state index contributed by atoms with van der Waals surface area (Å²) < 4.78 is 0. The first kappa shape index (κ1) is 15.6. The molecule has 1 aliphatic heterocycles. The van der Waals surface area contributed by atoms with Crippen molar-refractivity contribution in [2.75, 3.05) is 25.2 Å². The molecule has 0 aromatic heterocycles. The van der Waals surface area contributed by atoms with Gasteiger partial charge in [-0.3, -0.25) is 9.59 Å². The summed E-state index contributed by atoms with van der Waals surface area (Å²) in [5, 5.41) is 6.03. The summed E-state index contributed by atoms with van der Waals surface area (Å²) in [6.45, 7) is 2.62. The van der Waals surface area contributed by atoms with Crippen molar-refractivity contribution in [1.29, 1.82) is 0 Å². The molecular weight excluding hydrogens is 274 g/mol. The van der Waals surface area contributed by atoms with Crippen LogP contribution in [0.4, 0.5) is 0 Å². The van der Waals surface area contributed by atoms with Gasteiger partial charge < -0.3 is 15.5 Å². The Morgan fingerprint density at radius 1 is 1.35 bits per heavy atom. The average Bonchev–Trinajstić information content (AvgIpc) is 3.13. The topological polar surface area (TPSA) is 61.4 Å². The number of amides is 2. The van der Waals surface area contributed by atoms with Gasteiger partial charge in [0.05, 0.1) is 5.88 Å². The van der Waals surface area contributed by atoms with Crippen molar-refractivity contribution in [2.24, 2.45) is 5.92 Å². The second-order valence-corrected chi connectivity index (χ2v) is 6.74. The Labute approximate surface area is 125 Å². The van der Waals surface area contributed by atoms with Gasteiger partial charge >= 0.3 is 0 Å². The van der Waals surface area contributed by atoms with Gasteiger partial charge in [-0.25, -0.2) is 0 Å². The fourth-order valence-electron chi connectivity index (χ4n) is 2.76. The van der Waals surface area contributed by atoms with Gasteiger partial charge in [0, 0.05) is 24.3 Å². The molecule has 2 N–H and O–H groups in total. The van der Waals surface area contributed by atoms with Crippen LogP contribution in [-0.2, 0) is 9.59 Å². The Balaban J connectivity index is 1.89. The highest BCUT2D eigenvalue weighted by molar-refractivity contribution is 7.99. The molecule has 2 rings (SSSR count). The predicted octanol–water partition coefficient (Wildman–Crippen LogP) is 0.802. The molecular formula is C14H25N3O2S. The van der Waals surface area contributed by atoms with Crippen molar-refractivity contribution < 1.29 is 9.59 Å². The smallest absolute Gasteiger partial charge is 0.243 e. The minimum atomic E-state index is -0.280. The third-order valence-electron chi connectivity index (χ3n) is 4.25. The van der Waals surface area contributed by atoms with Crippen LogP contribution in [0.15, 0.2) is 0 Å². The van der Waals surface area contributed by atoms with Crippen molar-refractivity contribution in [3.8, 4) is 0 Å². The van der Waals surface area contributed by atoms with Crippen molar-refractivity contribution in [3.05, 3.63) is 0 Å². The van der Waals surface area contributed by atoms with E-state index in [0.717, 1.165) is 31.4 Å². The van der Waals surface area contributed by atoms with Gasteiger partial charge in [-0.05, 0) is 26.8 Å². The van der Waals surface area contributed by atoms with Crippen LogP contribution >= 0.6 is 11.8 Å². The monoisotopic (exact) mass is 299 g/mol. The number of hydrogen-bond acceptors (Lipinski definition) is 4. The van der Waals surface area contributed by atoms with E-state index >= 15 is 0 Å². The summed E-state index contributed by atoms with van der Waals surface area (Å²) in [4.78, 5) is 26.5. The molecule has 1 saturated carbocycles. The van der Waals surface area contributed by atoms with E-state index in [1.807, 2.05) is 14.0 Å². The van der Waals surface area contributed by atoms with Gasteiger partial charge in [-0.1, -0.05) is 12.8 Å². The highest BCUT2D eigenvalue weighted by Crippen LogP contribution is 2.30. The van der Waals surface area contributed by atoms with Crippen LogP contribution in [0.2, 0.25) is 0 Å². The van der Waals surface area contributed by atoms with E-state index in [0.29, 0.717) is 12.4 Å². The maximum atomic E-state index is 12.5. The van der Waals surface area contributed by atoms with Crippen LogP contribution in [0.25, 0.3) is 0 Å². The molecule has 20 heavy (non-hydrogen) atoms. The molecule has 2 unspecified atom stereocenters. The van der Waals surface area contributed by atoms with Crippen molar-refractivity contribution in [3.63, 3.8) is 0 Å². The lowest BCUT2D eigenvalue weighted by Gasteiger charge is -2.26. The molecule has 0 spiro atoms. The van der Waals surface area contributed by atoms with Crippen molar-refractivity contribution in [2.45, 2.75) is 44.7 Å². The quantitative estimate of drug-likeness (QED) is 0.788. The lowest BCUT2D eigenvalue weighted by atomic mass is 10.1. The fraction of sp³-hybridized carbons (Fsp3) is 0.857. The number of hydrogen-bond donors (Lipinski definition) is 2. The summed E-state index contributed by atoms with van der Waals surface area (Å²) in [5.41, 5.74) is 0. The van der Waals surface area contributed by atoms with E-state index in [4.69, 9.17) is 0 Å². The minimum Gasteiger partial charge on any atom is -0.353 e. The molecule has 0 aromatic rings. The number of nitrogens with zero attached hydrogens (tertiary/aromatic N) is 1. The zero-order valence-electron chi connectivity index (χ0n) is 12.4. The Morgan fingerprint density at radius 2 is 2.05 bits per heavy atom. The number of thioether (sulfide) groups is 1. The molecule has 1 aliphatic carbocycles. The van der Waals surface area contributed by atoms with Crippen LogP contribution in [0.5, 0.6) is 0 Å². The van der Waals surface area contributed by atoms with Crippen LogP contribution in [0.1, 0.15) is 32.6 Å². The predicted molar refractivity (Wildman–Crippen MR) is 81.4 cm³/mol. The second kappa shape index (κ2) is 7.31. The Bertz CT molecular complexity index is 358. The molecule has 2 atom stereocenters. The van der Waals surface area contributed by atoms with Gasteiger partial charge in [0.1, 0.15) is 6.04 Å². The zero-order valence-corrected chi connectivity index (χ0v) is 13.2. The summed E-state index contributed by atoms with van der Waals surface area (Å²) >= 11 is 1.67. The molecule has 2 amide bonds. The number of rotatable bonds is 5. The average molecular weight is 299 g/mol. The second-order valence-electron chi connectivity index (χ2n) is 5.74. The first-order valence-corrected chi connectivity index (χ1v) is 8.62. The maximum Gasteiger partial charge on any atom is 0.243 e. The van der Waals surface area contributed by atoms with E-state index in [2.05, 4.69) is 10.6 Å². The van der Waals surface area contributed by atoms with E-state index in [9.17, 15) is 9.59 Å². The molecule has 114 valence electrons. The highest BCUT2D eigenvalue weighted by atomic mass is 32.2. The van der Waals surface area contributed by atoms with E-state index in [1.165, 1.54) is 0 Å². The van der Waals surface area contributed by atoms with Gasteiger partial charge in [0.15, 0.2) is 0 Å². The normalized spacial score (nSPS) is 24.9. The molecule has 1 heterocycles. The Morgan fingerprint density at radius 3 is 2.70 bits per heavy atom. The lowest BCUT2D eigenvalue weighted by Crippen LogP contribution is -2.50. The molecule has 6 heteroatoms. The van der Waals surface area contributed by atoms with Crippen LogP contribution < -0.4 is 10.6 Å². The number of nitrogens with one attached hydrogen (secondary N) is 2. The van der Waals surface area contributed by atoms with Crippen LogP contribution in [0, 0.1) is 5.92 Å².